The van der Waals surface area contributed by atoms with Crippen LogP contribution in [0.3, 0.4) is 0 Å². The van der Waals surface area contributed by atoms with Crippen LogP contribution in [0, 0.1) is 5.92 Å². The smallest absolute Gasteiger partial charge is 0.308 e. The first-order valence-corrected chi connectivity index (χ1v) is 8.00. The molecule has 1 saturated heterocycles. The molecule has 1 aliphatic carbocycles. The van der Waals surface area contributed by atoms with Gasteiger partial charge in [0.05, 0.1) is 18.1 Å². The molecular weight excluding hydrogens is 254 g/mol. The highest BCUT2D eigenvalue weighted by molar-refractivity contribution is 5.72. The minimum absolute atomic E-state index is 0.0122. The van der Waals surface area contributed by atoms with Gasteiger partial charge >= 0.3 is 5.97 Å². The highest BCUT2D eigenvalue weighted by Crippen LogP contribution is 2.37. The van der Waals surface area contributed by atoms with Crippen molar-refractivity contribution in [3.8, 4) is 0 Å². The van der Waals surface area contributed by atoms with E-state index >= 15 is 0 Å². The van der Waals surface area contributed by atoms with Crippen molar-refractivity contribution in [3.05, 3.63) is 0 Å². The molecule has 116 valence electrons. The molecule has 0 amide bonds. The molecule has 0 bridgehead atoms. The third kappa shape index (κ3) is 3.53. The Balaban J connectivity index is 1.87. The number of rotatable bonds is 4. The summed E-state index contributed by atoms with van der Waals surface area (Å²) in [4.78, 5) is 14.2. The molecule has 1 N–H and O–H groups in total. The predicted octanol–water partition coefficient (Wildman–Crippen LogP) is 2.35. The number of esters is 1. The second-order valence-electron chi connectivity index (χ2n) is 7.09. The fraction of sp³-hybridized carbons (Fsp3) is 0.938. The highest BCUT2D eigenvalue weighted by atomic mass is 16.5. The zero-order chi connectivity index (χ0) is 14.8. The topological polar surface area (TPSA) is 49.8 Å². The van der Waals surface area contributed by atoms with Crippen LogP contribution >= 0.6 is 0 Å². The van der Waals surface area contributed by atoms with Gasteiger partial charge in [0.25, 0.3) is 0 Å². The average Bonchev–Trinajstić information content (AvgIpc) is 2.69. The molecule has 0 atom stereocenters. The number of ether oxygens (including phenoxy) is 1. The van der Waals surface area contributed by atoms with Gasteiger partial charge in [-0.25, -0.2) is 0 Å². The molecule has 20 heavy (non-hydrogen) atoms. The van der Waals surface area contributed by atoms with Crippen LogP contribution in [0.25, 0.3) is 0 Å². The summed E-state index contributed by atoms with van der Waals surface area (Å²) >= 11 is 0. The lowest BCUT2D eigenvalue weighted by Gasteiger charge is -2.42. The number of aliphatic hydroxyl groups is 1. The van der Waals surface area contributed by atoms with Gasteiger partial charge in [0.2, 0.25) is 0 Å². The van der Waals surface area contributed by atoms with E-state index in [1.54, 1.807) is 0 Å². The van der Waals surface area contributed by atoms with Crippen LogP contribution in [-0.2, 0) is 9.53 Å². The molecule has 0 aromatic rings. The van der Waals surface area contributed by atoms with E-state index < -0.39 is 5.60 Å². The molecule has 1 aliphatic heterocycles. The van der Waals surface area contributed by atoms with Gasteiger partial charge in [-0.2, -0.15) is 0 Å². The second-order valence-corrected chi connectivity index (χ2v) is 7.09. The van der Waals surface area contributed by atoms with Crippen LogP contribution in [0.15, 0.2) is 0 Å². The molecule has 1 heterocycles. The van der Waals surface area contributed by atoms with Gasteiger partial charge in [0.1, 0.15) is 0 Å². The van der Waals surface area contributed by atoms with E-state index in [9.17, 15) is 9.90 Å². The maximum absolute atomic E-state index is 11.7. The Morgan fingerprint density at radius 2 is 1.95 bits per heavy atom. The summed E-state index contributed by atoms with van der Waals surface area (Å²) in [5.74, 6) is -0.0992. The Morgan fingerprint density at radius 1 is 1.30 bits per heavy atom. The van der Waals surface area contributed by atoms with Gasteiger partial charge < -0.3 is 9.84 Å². The Labute approximate surface area is 122 Å². The number of hydrogen-bond donors (Lipinski definition) is 1. The molecule has 2 rings (SSSR count). The summed E-state index contributed by atoms with van der Waals surface area (Å²) in [6.07, 6.45) is 5.35. The summed E-state index contributed by atoms with van der Waals surface area (Å²) in [5.41, 5.74) is -0.418. The summed E-state index contributed by atoms with van der Waals surface area (Å²) < 4.78 is 5.09. The predicted molar refractivity (Wildman–Crippen MR) is 78.4 cm³/mol. The number of nitrogens with zero attached hydrogens (tertiary/aromatic N) is 1. The lowest BCUT2D eigenvalue weighted by Crippen LogP contribution is -2.50. The van der Waals surface area contributed by atoms with Gasteiger partial charge in [-0.05, 0) is 65.8 Å². The van der Waals surface area contributed by atoms with Crippen molar-refractivity contribution in [2.24, 2.45) is 5.92 Å². The Bertz CT molecular complexity index is 346. The molecule has 4 heteroatoms. The van der Waals surface area contributed by atoms with Crippen molar-refractivity contribution in [2.45, 2.75) is 70.4 Å². The van der Waals surface area contributed by atoms with Crippen LogP contribution in [0.5, 0.6) is 0 Å². The summed E-state index contributed by atoms with van der Waals surface area (Å²) in [7, 11) is 0. The van der Waals surface area contributed by atoms with Crippen LogP contribution < -0.4 is 0 Å². The zero-order valence-electron chi connectivity index (χ0n) is 13.2. The molecule has 4 nitrogen and oxygen atoms in total. The van der Waals surface area contributed by atoms with E-state index in [-0.39, 0.29) is 17.4 Å². The third-order valence-corrected chi connectivity index (χ3v) is 5.09. The first-order valence-electron chi connectivity index (χ1n) is 8.00. The molecule has 1 saturated carbocycles. The molecule has 0 aromatic carbocycles. The van der Waals surface area contributed by atoms with E-state index in [2.05, 4.69) is 18.7 Å². The van der Waals surface area contributed by atoms with E-state index in [4.69, 9.17) is 4.74 Å². The first kappa shape index (κ1) is 15.8. The highest BCUT2D eigenvalue weighted by Gasteiger charge is 2.41. The lowest BCUT2D eigenvalue weighted by molar-refractivity contribution is -0.151. The van der Waals surface area contributed by atoms with Gasteiger partial charge in [0.15, 0.2) is 0 Å². The third-order valence-electron chi connectivity index (χ3n) is 5.09. The van der Waals surface area contributed by atoms with Crippen molar-refractivity contribution in [2.75, 3.05) is 19.7 Å². The molecule has 2 aliphatic rings. The normalized spacial score (nSPS) is 34.1. The molecule has 2 fully saturated rings. The van der Waals surface area contributed by atoms with Crippen molar-refractivity contribution in [3.63, 3.8) is 0 Å². The second kappa shape index (κ2) is 6.02. The molecule has 0 spiro atoms. The lowest BCUT2D eigenvalue weighted by atomic mass is 9.78. The van der Waals surface area contributed by atoms with Crippen LogP contribution in [0.1, 0.15) is 59.3 Å². The minimum Gasteiger partial charge on any atom is -0.466 e. The molecular formula is C16H29NO3. The van der Waals surface area contributed by atoms with Gasteiger partial charge in [-0.15, -0.1) is 0 Å². The van der Waals surface area contributed by atoms with Crippen LogP contribution in [0.4, 0.5) is 0 Å². The fourth-order valence-corrected chi connectivity index (χ4v) is 3.62. The standard InChI is InChI=1S/C16H29NO3/c1-4-20-14(18)13-6-9-16(19,10-7-13)12-17-11-5-8-15(17,2)3/h13,19H,4-12H2,1-3H3. The van der Waals surface area contributed by atoms with E-state index in [1.165, 1.54) is 12.8 Å². The number of β-amino-alcohol motifs (C(OH)–C–C–N with tert-alkyl or cyclic N) is 1. The fourth-order valence-electron chi connectivity index (χ4n) is 3.62. The summed E-state index contributed by atoms with van der Waals surface area (Å²) in [6.45, 7) is 8.63. The Morgan fingerprint density at radius 3 is 2.45 bits per heavy atom. The minimum atomic E-state index is -0.620. The SMILES string of the molecule is CCOC(=O)C1CCC(O)(CN2CCCC2(C)C)CC1. The monoisotopic (exact) mass is 283 g/mol. The molecule has 0 aromatic heterocycles. The number of carbonyl (C=O) groups is 1. The van der Waals surface area contributed by atoms with Gasteiger partial charge in [0, 0.05) is 12.1 Å². The first-order chi connectivity index (χ1) is 9.36. The average molecular weight is 283 g/mol. The Hall–Kier alpha value is -0.610. The quantitative estimate of drug-likeness (QED) is 0.805. The molecule has 0 unspecified atom stereocenters. The summed E-state index contributed by atoms with van der Waals surface area (Å²) in [5, 5.41) is 10.8. The maximum atomic E-state index is 11.7. The number of likely N-dealkylation sites (tertiary alicyclic amines) is 1. The van der Waals surface area contributed by atoms with Gasteiger partial charge in [-0.1, -0.05) is 0 Å². The van der Waals surface area contributed by atoms with E-state index in [0.29, 0.717) is 19.4 Å². The van der Waals surface area contributed by atoms with Crippen molar-refractivity contribution in [1.29, 1.82) is 0 Å². The number of hydrogen-bond acceptors (Lipinski definition) is 4. The van der Waals surface area contributed by atoms with Gasteiger partial charge in [-0.3, -0.25) is 9.69 Å². The van der Waals surface area contributed by atoms with Crippen LogP contribution in [-0.4, -0.2) is 46.8 Å². The Kier molecular flexibility index (Phi) is 4.75. The van der Waals surface area contributed by atoms with Crippen LogP contribution in [0.2, 0.25) is 0 Å². The maximum Gasteiger partial charge on any atom is 0.308 e. The summed E-state index contributed by atoms with van der Waals surface area (Å²) in [6, 6.07) is 0. The zero-order valence-corrected chi connectivity index (χ0v) is 13.2. The molecule has 0 radical (unpaired) electrons. The van der Waals surface area contributed by atoms with Crippen molar-refractivity contribution >= 4 is 5.97 Å². The van der Waals surface area contributed by atoms with Crippen molar-refractivity contribution < 1.29 is 14.6 Å². The van der Waals surface area contributed by atoms with E-state index in [0.717, 1.165) is 25.9 Å². The largest absolute Gasteiger partial charge is 0.466 e. The van der Waals surface area contributed by atoms with E-state index in [1.807, 2.05) is 6.92 Å². The number of carbonyl (C=O) groups excluding carboxylic acids is 1. The van der Waals surface area contributed by atoms with Crippen molar-refractivity contribution in [1.82, 2.24) is 4.90 Å².